The van der Waals surface area contributed by atoms with E-state index in [0.717, 1.165) is 11.3 Å². The van der Waals surface area contributed by atoms with Crippen molar-refractivity contribution in [2.75, 3.05) is 5.73 Å². The monoisotopic (exact) mass is 310 g/mol. The van der Waals surface area contributed by atoms with E-state index in [1.165, 1.54) is 12.1 Å². The molecule has 94 valence electrons. The van der Waals surface area contributed by atoms with Gasteiger partial charge in [0.2, 0.25) is 0 Å². The molecule has 0 unspecified atom stereocenters. The predicted molar refractivity (Wildman–Crippen MR) is 71.8 cm³/mol. The van der Waals surface area contributed by atoms with Gasteiger partial charge in [-0.2, -0.15) is 0 Å². The molecule has 0 aliphatic carbocycles. The highest BCUT2D eigenvalue weighted by Crippen LogP contribution is 2.32. The normalized spacial score (nSPS) is 10.4. The zero-order valence-electron chi connectivity index (χ0n) is 9.78. The standard InChI is InChI=1S/C13H12BrFN2O/c1-8-3-2-4-17-12(8)7-18-13-10(14)5-9(15)6-11(13)16/h2-6H,7,16H2,1H3. The molecule has 0 fully saturated rings. The summed E-state index contributed by atoms with van der Waals surface area (Å²) < 4.78 is 19.1. The molecule has 3 nitrogen and oxygen atoms in total. The van der Waals surface area contributed by atoms with E-state index in [9.17, 15) is 4.39 Å². The molecule has 0 bridgehead atoms. The number of hydrogen-bond acceptors (Lipinski definition) is 3. The highest BCUT2D eigenvalue weighted by Gasteiger charge is 2.09. The van der Waals surface area contributed by atoms with Gasteiger partial charge in [0.05, 0.1) is 15.9 Å². The number of pyridine rings is 1. The number of nitrogens with two attached hydrogens (primary N) is 1. The minimum absolute atomic E-state index is 0.260. The summed E-state index contributed by atoms with van der Waals surface area (Å²) in [6.07, 6.45) is 1.70. The molecule has 1 heterocycles. The molecule has 18 heavy (non-hydrogen) atoms. The molecule has 0 aliphatic heterocycles. The number of anilines is 1. The van der Waals surface area contributed by atoms with Crippen molar-refractivity contribution in [2.24, 2.45) is 0 Å². The Labute approximate surface area is 113 Å². The van der Waals surface area contributed by atoms with Gasteiger partial charge < -0.3 is 10.5 Å². The van der Waals surface area contributed by atoms with Gasteiger partial charge >= 0.3 is 0 Å². The Hall–Kier alpha value is -1.62. The molecule has 1 aromatic heterocycles. The minimum atomic E-state index is -0.402. The summed E-state index contributed by atoms with van der Waals surface area (Å²) in [6, 6.07) is 6.36. The van der Waals surface area contributed by atoms with Gasteiger partial charge in [-0.15, -0.1) is 0 Å². The summed E-state index contributed by atoms with van der Waals surface area (Å²) in [5.41, 5.74) is 7.83. The number of nitrogen functional groups attached to an aromatic ring is 1. The van der Waals surface area contributed by atoms with Crippen molar-refractivity contribution in [1.82, 2.24) is 4.98 Å². The Balaban J connectivity index is 2.19. The Bertz CT molecular complexity index is 552. The Morgan fingerprint density at radius 1 is 1.44 bits per heavy atom. The third kappa shape index (κ3) is 2.79. The molecule has 0 radical (unpaired) electrons. The fraction of sp³-hybridized carbons (Fsp3) is 0.154. The largest absolute Gasteiger partial charge is 0.484 e. The summed E-state index contributed by atoms with van der Waals surface area (Å²) in [5, 5.41) is 0. The lowest BCUT2D eigenvalue weighted by Crippen LogP contribution is -2.03. The van der Waals surface area contributed by atoms with Crippen molar-refractivity contribution >= 4 is 21.6 Å². The number of benzene rings is 1. The van der Waals surface area contributed by atoms with E-state index in [2.05, 4.69) is 20.9 Å². The van der Waals surface area contributed by atoms with Crippen LogP contribution in [-0.4, -0.2) is 4.98 Å². The molecule has 0 saturated carbocycles. The van der Waals surface area contributed by atoms with E-state index < -0.39 is 5.82 Å². The molecular weight excluding hydrogens is 299 g/mol. The van der Waals surface area contributed by atoms with Gasteiger partial charge in [-0.3, -0.25) is 4.98 Å². The Kier molecular flexibility index (Phi) is 3.81. The SMILES string of the molecule is Cc1cccnc1COc1c(N)cc(F)cc1Br. The fourth-order valence-corrected chi connectivity index (χ4v) is 2.10. The fourth-order valence-electron chi connectivity index (χ4n) is 1.54. The molecule has 1 aromatic carbocycles. The summed E-state index contributed by atoms with van der Waals surface area (Å²) in [5.74, 6) is 0.0298. The molecule has 5 heteroatoms. The lowest BCUT2D eigenvalue weighted by atomic mass is 10.2. The molecule has 0 atom stereocenters. The van der Waals surface area contributed by atoms with Crippen molar-refractivity contribution in [1.29, 1.82) is 0 Å². The predicted octanol–water partition coefficient (Wildman–Crippen LogP) is 3.45. The number of halogens is 2. The van der Waals surface area contributed by atoms with Gasteiger partial charge in [0, 0.05) is 12.3 Å². The summed E-state index contributed by atoms with van der Waals surface area (Å²) >= 11 is 3.22. The van der Waals surface area contributed by atoms with E-state index in [-0.39, 0.29) is 5.69 Å². The van der Waals surface area contributed by atoms with Crippen LogP contribution in [0.1, 0.15) is 11.3 Å². The second-order valence-electron chi connectivity index (χ2n) is 3.86. The van der Waals surface area contributed by atoms with Crippen molar-refractivity contribution < 1.29 is 9.13 Å². The molecule has 2 N–H and O–H groups in total. The lowest BCUT2D eigenvalue weighted by Gasteiger charge is -2.11. The maximum absolute atomic E-state index is 13.1. The van der Waals surface area contributed by atoms with Crippen LogP contribution >= 0.6 is 15.9 Å². The number of aromatic nitrogens is 1. The maximum atomic E-state index is 13.1. The molecule has 0 saturated heterocycles. The van der Waals surface area contributed by atoms with Gasteiger partial charge in [0.25, 0.3) is 0 Å². The first-order valence-corrected chi connectivity index (χ1v) is 6.15. The number of rotatable bonds is 3. The summed E-state index contributed by atoms with van der Waals surface area (Å²) in [7, 11) is 0. The lowest BCUT2D eigenvalue weighted by molar-refractivity contribution is 0.300. The van der Waals surface area contributed by atoms with Gasteiger partial charge in [0.15, 0.2) is 5.75 Å². The summed E-state index contributed by atoms with van der Waals surface area (Å²) in [4.78, 5) is 4.22. The minimum Gasteiger partial charge on any atom is -0.484 e. The van der Waals surface area contributed by atoms with Crippen LogP contribution in [-0.2, 0) is 6.61 Å². The first-order chi connectivity index (χ1) is 8.58. The second kappa shape index (κ2) is 5.35. The van der Waals surface area contributed by atoms with Crippen molar-refractivity contribution in [3.63, 3.8) is 0 Å². The third-order valence-corrected chi connectivity index (χ3v) is 3.10. The topological polar surface area (TPSA) is 48.1 Å². The second-order valence-corrected chi connectivity index (χ2v) is 4.72. The van der Waals surface area contributed by atoms with Crippen molar-refractivity contribution in [3.05, 3.63) is 52.0 Å². The van der Waals surface area contributed by atoms with Crippen molar-refractivity contribution in [2.45, 2.75) is 13.5 Å². The first-order valence-electron chi connectivity index (χ1n) is 5.35. The Morgan fingerprint density at radius 2 is 2.22 bits per heavy atom. The average Bonchev–Trinajstić information content (AvgIpc) is 2.30. The number of ether oxygens (including phenoxy) is 1. The van der Waals surface area contributed by atoms with Crippen LogP contribution < -0.4 is 10.5 Å². The zero-order valence-corrected chi connectivity index (χ0v) is 11.4. The highest BCUT2D eigenvalue weighted by atomic mass is 79.9. The molecule has 0 spiro atoms. The van der Waals surface area contributed by atoms with E-state index in [1.807, 2.05) is 19.1 Å². The number of hydrogen-bond donors (Lipinski definition) is 1. The summed E-state index contributed by atoms with van der Waals surface area (Å²) in [6.45, 7) is 2.25. The maximum Gasteiger partial charge on any atom is 0.157 e. The molecule has 2 rings (SSSR count). The van der Waals surface area contributed by atoms with Crippen molar-refractivity contribution in [3.8, 4) is 5.75 Å². The van der Waals surface area contributed by atoms with Crippen LogP contribution in [0.3, 0.4) is 0 Å². The van der Waals surface area contributed by atoms with Gasteiger partial charge in [-0.1, -0.05) is 6.07 Å². The smallest absolute Gasteiger partial charge is 0.157 e. The molecule has 0 aliphatic rings. The zero-order chi connectivity index (χ0) is 13.1. The third-order valence-electron chi connectivity index (χ3n) is 2.51. The molecular formula is C13H12BrFN2O. The first kappa shape index (κ1) is 12.8. The van der Waals surface area contributed by atoms with Crippen LogP contribution in [0.4, 0.5) is 10.1 Å². The number of aryl methyl sites for hydroxylation is 1. The molecule has 2 aromatic rings. The van der Waals surface area contributed by atoms with Crippen LogP contribution in [0.25, 0.3) is 0 Å². The quantitative estimate of drug-likeness (QED) is 0.883. The van der Waals surface area contributed by atoms with Gasteiger partial charge in [0.1, 0.15) is 12.4 Å². The molecule has 0 amide bonds. The number of nitrogens with zero attached hydrogens (tertiary/aromatic N) is 1. The van der Waals surface area contributed by atoms with Crippen LogP contribution in [0, 0.1) is 12.7 Å². The van der Waals surface area contributed by atoms with Gasteiger partial charge in [-0.05, 0) is 40.5 Å². The van der Waals surface area contributed by atoms with E-state index in [1.54, 1.807) is 6.20 Å². The van der Waals surface area contributed by atoms with Crippen LogP contribution in [0.5, 0.6) is 5.75 Å². The van der Waals surface area contributed by atoms with Crippen LogP contribution in [0.2, 0.25) is 0 Å². The van der Waals surface area contributed by atoms with E-state index >= 15 is 0 Å². The Morgan fingerprint density at radius 3 is 2.89 bits per heavy atom. The van der Waals surface area contributed by atoms with Gasteiger partial charge in [-0.25, -0.2) is 4.39 Å². The average molecular weight is 311 g/mol. The van der Waals surface area contributed by atoms with E-state index in [0.29, 0.717) is 16.8 Å². The van der Waals surface area contributed by atoms with E-state index in [4.69, 9.17) is 10.5 Å². The highest BCUT2D eigenvalue weighted by molar-refractivity contribution is 9.10. The van der Waals surface area contributed by atoms with Crippen LogP contribution in [0.15, 0.2) is 34.9 Å².